The molecule has 3 nitrogen and oxygen atoms in total. The maximum atomic E-state index is 5.80. The fourth-order valence-electron chi connectivity index (χ4n) is 3.08. The van der Waals surface area contributed by atoms with Gasteiger partial charge in [0.1, 0.15) is 5.82 Å². The molecule has 1 aromatic rings. The number of nitrogens with two attached hydrogens (primary N) is 1. The van der Waals surface area contributed by atoms with Gasteiger partial charge in [-0.3, -0.25) is 5.10 Å². The predicted molar refractivity (Wildman–Crippen MR) is 56.0 cm³/mol. The van der Waals surface area contributed by atoms with E-state index in [2.05, 4.69) is 17.1 Å². The van der Waals surface area contributed by atoms with Gasteiger partial charge in [-0.1, -0.05) is 19.8 Å². The number of aromatic nitrogens is 2. The van der Waals surface area contributed by atoms with Gasteiger partial charge in [0.2, 0.25) is 0 Å². The molecule has 0 radical (unpaired) electrons. The Kier molecular flexibility index (Phi) is 1.64. The van der Waals surface area contributed by atoms with Gasteiger partial charge in [-0.2, -0.15) is 5.10 Å². The molecule has 1 heterocycles. The number of rotatable bonds is 3. The van der Waals surface area contributed by atoms with E-state index in [0.717, 1.165) is 23.6 Å². The molecule has 2 aliphatic rings. The standard InChI is InChI=1S/C11H17N3/c1-2-3-4-6-7-5-8-10(9(6)7)13-14-11(8)12/h6-7,9H,2-5H2,1H3,(H3,12,13,14)/t6-,7-,9+/m0/s1. The molecule has 1 aromatic heterocycles. The molecule has 1 fully saturated rings. The molecule has 0 spiro atoms. The van der Waals surface area contributed by atoms with E-state index >= 15 is 0 Å². The fourth-order valence-corrected chi connectivity index (χ4v) is 3.08. The van der Waals surface area contributed by atoms with Crippen LogP contribution in [0.1, 0.15) is 43.4 Å². The Morgan fingerprint density at radius 2 is 2.43 bits per heavy atom. The van der Waals surface area contributed by atoms with Gasteiger partial charge < -0.3 is 5.73 Å². The van der Waals surface area contributed by atoms with Crippen LogP contribution in [0.3, 0.4) is 0 Å². The Bertz CT molecular complexity index is 355. The van der Waals surface area contributed by atoms with E-state index in [1.54, 1.807) is 0 Å². The Morgan fingerprint density at radius 3 is 3.21 bits per heavy atom. The number of fused-ring (bicyclic) bond motifs is 3. The number of aromatic amines is 1. The van der Waals surface area contributed by atoms with Crippen molar-refractivity contribution in [1.29, 1.82) is 0 Å². The molecular weight excluding hydrogens is 174 g/mol. The Balaban J connectivity index is 1.74. The van der Waals surface area contributed by atoms with Crippen LogP contribution in [0.25, 0.3) is 0 Å². The smallest absolute Gasteiger partial charge is 0.122 e. The van der Waals surface area contributed by atoms with Crippen LogP contribution in [0.2, 0.25) is 0 Å². The average Bonchev–Trinajstić information content (AvgIpc) is 2.55. The van der Waals surface area contributed by atoms with Crippen LogP contribution in [0.4, 0.5) is 5.82 Å². The third kappa shape index (κ3) is 0.954. The molecule has 0 unspecified atom stereocenters. The van der Waals surface area contributed by atoms with E-state index in [4.69, 9.17) is 5.73 Å². The summed E-state index contributed by atoms with van der Waals surface area (Å²) in [5.74, 6) is 3.37. The van der Waals surface area contributed by atoms with E-state index in [1.165, 1.54) is 36.9 Å². The lowest BCUT2D eigenvalue weighted by molar-refractivity contribution is 0.590. The van der Waals surface area contributed by atoms with Gasteiger partial charge in [-0.15, -0.1) is 0 Å². The van der Waals surface area contributed by atoms with Gasteiger partial charge in [-0.25, -0.2) is 0 Å². The van der Waals surface area contributed by atoms with Crippen molar-refractivity contribution in [2.24, 2.45) is 11.8 Å². The van der Waals surface area contributed by atoms with Gasteiger partial charge in [0.05, 0.1) is 5.69 Å². The van der Waals surface area contributed by atoms with Crippen molar-refractivity contribution < 1.29 is 0 Å². The normalized spacial score (nSPS) is 32.8. The van der Waals surface area contributed by atoms with Crippen LogP contribution in [0, 0.1) is 11.8 Å². The summed E-state index contributed by atoms with van der Waals surface area (Å²) < 4.78 is 0. The van der Waals surface area contributed by atoms with Crippen molar-refractivity contribution in [2.45, 2.75) is 38.5 Å². The van der Waals surface area contributed by atoms with Crippen LogP contribution in [-0.4, -0.2) is 10.2 Å². The third-order valence-electron chi connectivity index (χ3n) is 3.91. The van der Waals surface area contributed by atoms with E-state index in [9.17, 15) is 0 Å². The number of nitrogens with zero attached hydrogens (tertiary/aromatic N) is 1. The second kappa shape index (κ2) is 2.75. The molecule has 2 aliphatic carbocycles. The van der Waals surface area contributed by atoms with Crippen molar-refractivity contribution in [3.63, 3.8) is 0 Å². The van der Waals surface area contributed by atoms with Gasteiger partial charge >= 0.3 is 0 Å². The number of H-pyrrole nitrogens is 1. The van der Waals surface area contributed by atoms with Crippen molar-refractivity contribution in [1.82, 2.24) is 10.2 Å². The Morgan fingerprint density at radius 1 is 1.57 bits per heavy atom. The maximum absolute atomic E-state index is 5.80. The summed E-state index contributed by atoms with van der Waals surface area (Å²) >= 11 is 0. The van der Waals surface area contributed by atoms with Crippen LogP contribution >= 0.6 is 0 Å². The summed E-state index contributed by atoms with van der Waals surface area (Å²) in [4.78, 5) is 0. The van der Waals surface area contributed by atoms with Gasteiger partial charge in [-0.05, 0) is 24.7 Å². The molecule has 1 saturated carbocycles. The number of unbranched alkanes of at least 4 members (excludes halogenated alkanes) is 1. The highest BCUT2D eigenvalue weighted by Gasteiger charge is 2.56. The number of hydrogen-bond acceptors (Lipinski definition) is 2. The monoisotopic (exact) mass is 191 g/mol. The van der Waals surface area contributed by atoms with Crippen molar-refractivity contribution in [3.8, 4) is 0 Å². The summed E-state index contributed by atoms with van der Waals surface area (Å²) in [6.07, 6.45) is 5.24. The predicted octanol–water partition coefficient (Wildman–Crippen LogP) is 2.07. The van der Waals surface area contributed by atoms with Crippen molar-refractivity contribution in [3.05, 3.63) is 11.3 Å². The van der Waals surface area contributed by atoms with Crippen LogP contribution in [0.5, 0.6) is 0 Å². The summed E-state index contributed by atoms with van der Waals surface area (Å²) in [6.45, 7) is 2.26. The fraction of sp³-hybridized carbons (Fsp3) is 0.727. The summed E-state index contributed by atoms with van der Waals surface area (Å²) in [5.41, 5.74) is 8.40. The van der Waals surface area contributed by atoms with Crippen LogP contribution in [0.15, 0.2) is 0 Å². The second-order valence-corrected chi connectivity index (χ2v) is 4.70. The molecule has 0 amide bonds. The highest BCUT2D eigenvalue weighted by Crippen LogP contribution is 2.63. The minimum Gasteiger partial charge on any atom is -0.384 e. The molecule has 0 saturated heterocycles. The molecule has 76 valence electrons. The highest BCUT2D eigenvalue weighted by molar-refractivity contribution is 5.50. The third-order valence-corrected chi connectivity index (χ3v) is 3.91. The van der Waals surface area contributed by atoms with Gasteiger partial charge in [0.25, 0.3) is 0 Å². The minimum absolute atomic E-state index is 0.755. The lowest BCUT2D eigenvalue weighted by atomic mass is 10.0. The van der Waals surface area contributed by atoms with Crippen molar-refractivity contribution in [2.75, 3.05) is 5.73 Å². The number of nitrogen functional groups attached to an aromatic ring is 1. The first-order valence-corrected chi connectivity index (χ1v) is 5.65. The number of nitrogens with one attached hydrogen (secondary N) is 1. The topological polar surface area (TPSA) is 54.7 Å². The summed E-state index contributed by atoms with van der Waals surface area (Å²) in [6, 6.07) is 0. The average molecular weight is 191 g/mol. The first kappa shape index (κ1) is 8.33. The lowest BCUT2D eigenvalue weighted by Gasteiger charge is -2.01. The van der Waals surface area contributed by atoms with Gasteiger partial charge in [0, 0.05) is 11.5 Å². The van der Waals surface area contributed by atoms with Crippen LogP contribution in [-0.2, 0) is 6.42 Å². The SMILES string of the molecule is CCCC[C@H]1[C@@H]2Cc3c(n[nH]c3N)[C@H]12. The molecule has 3 heteroatoms. The largest absolute Gasteiger partial charge is 0.384 e. The first-order chi connectivity index (χ1) is 6.83. The molecule has 0 bridgehead atoms. The van der Waals surface area contributed by atoms with Gasteiger partial charge in [0.15, 0.2) is 0 Å². The zero-order valence-electron chi connectivity index (χ0n) is 8.59. The molecular formula is C11H17N3. The van der Waals surface area contributed by atoms with E-state index in [-0.39, 0.29) is 0 Å². The molecule has 3 rings (SSSR count). The summed E-state index contributed by atoms with van der Waals surface area (Å²) in [7, 11) is 0. The molecule has 14 heavy (non-hydrogen) atoms. The van der Waals surface area contributed by atoms with E-state index < -0.39 is 0 Å². The first-order valence-electron chi connectivity index (χ1n) is 5.65. The Hall–Kier alpha value is -0.990. The molecule has 0 aliphatic heterocycles. The van der Waals surface area contributed by atoms with Crippen LogP contribution < -0.4 is 5.73 Å². The summed E-state index contributed by atoms with van der Waals surface area (Å²) in [5, 5.41) is 7.23. The number of hydrogen-bond donors (Lipinski definition) is 2. The van der Waals surface area contributed by atoms with Crippen molar-refractivity contribution >= 4 is 5.82 Å². The Labute approximate surface area is 84.1 Å². The molecule has 3 N–H and O–H groups in total. The minimum atomic E-state index is 0.755. The van der Waals surface area contributed by atoms with E-state index in [1.807, 2.05) is 0 Å². The zero-order valence-corrected chi connectivity index (χ0v) is 8.59. The maximum Gasteiger partial charge on any atom is 0.122 e. The highest BCUT2D eigenvalue weighted by atomic mass is 15.2. The quantitative estimate of drug-likeness (QED) is 0.768. The lowest BCUT2D eigenvalue weighted by Crippen LogP contribution is -1.95. The zero-order chi connectivity index (χ0) is 9.71. The molecule has 0 aromatic carbocycles. The van der Waals surface area contributed by atoms with E-state index in [0.29, 0.717) is 0 Å². The molecule has 3 atom stereocenters. The second-order valence-electron chi connectivity index (χ2n) is 4.70. The number of anilines is 1.